The van der Waals surface area contributed by atoms with E-state index in [-0.39, 0.29) is 11.7 Å². The molecular weight excluding hydrogens is 338 g/mol. The van der Waals surface area contributed by atoms with E-state index >= 15 is 0 Å². The molecule has 0 saturated carbocycles. The molecule has 0 atom stereocenters. The Labute approximate surface area is 158 Å². The molecule has 5 heteroatoms. The number of carbonyl (C=O) groups is 2. The van der Waals surface area contributed by atoms with Gasteiger partial charge >= 0.3 is 0 Å². The van der Waals surface area contributed by atoms with Crippen LogP contribution in [0, 0.1) is 13.8 Å². The van der Waals surface area contributed by atoms with Gasteiger partial charge in [0.05, 0.1) is 5.69 Å². The summed E-state index contributed by atoms with van der Waals surface area (Å²) < 4.78 is 0. The molecule has 0 saturated heterocycles. The number of benzene rings is 1. The number of rotatable bonds is 5. The number of pyridine rings is 1. The van der Waals surface area contributed by atoms with Gasteiger partial charge < -0.3 is 10.3 Å². The Morgan fingerprint density at radius 2 is 1.89 bits per heavy atom. The molecule has 1 amide bonds. The van der Waals surface area contributed by atoms with Crippen molar-refractivity contribution in [3.8, 4) is 0 Å². The summed E-state index contributed by atoms with van der Waals surface area (Å²) in [6.45, 7) is 5.08. The Morgan fingerprint density at radius 1 is 1.07 bits per heavy atom. The van der Waals surface area contributed by atoms with Gasteiger partial charge in [0.1, 0.15) is 5.69 Å². The molecule has 1 aromatic carbocycles. The fourth-order valence-electron chi connectivity index (χ4n) is 3.08. The van der Waals surface area contributed by atoms with Crippen molar-refractivity contribution in [1.82, 2.24) is 9.97 Å². The van der Waals surface area contributed by atoms with E-state index < -0.39 is 0 Å². The number of nitrogens with one attached hydrogen (secondary N) is 2. The topological polar surface area (TPSA) is 74.8 Å². The maximum atomic E-state index is 12.6. The smallest absolute Gasteiger partial charge is 0.272 e. The second-order valence-electron chi connectivity index (χ2n) is 6.35. The van der Waals surface area contributed by atoms with E-state index in [0.29, 0.717) is 28.2 Å². The van der Waals surface area contributed by atoms with Crippen LogP contribution in [-0.4, -0.2) is 21.7 Å². The highest BCUT2D eigenvalue weighted by molar-refractivity contribution is 6.07. The van der Waals surface area contributed by atoms with Gasteiger partial charge in [0, 0.05) is 23.1 Å². The van der Waals surface area contributed by atoms with Crippen LogP contribution in [0.3, 0.4) is 0 Å². The first-order chi connectivity index (χ1) is 13.0. The third kappa shape index (κ3) is 4.20. The third-order valence-corrected chi connectivity index (χ3v) is 4.30. The summed E-state index contributed by atoms with van der Waals surface area (Å²) in [5.74, 6) is -0.323. The molecule has 27 heavy (non-hydrogen) atoms. The number of aromatic nitrogens is 2. The second-order valence-corrected chi connectivity index (χ2v) is 6.35. The maximum Gasteiger partial charge on any atom is 0.272 e. The number of aromatic amines is 1. The molecule has 0 spiro atoms. The summed E-state index contributed by atoms with van der Waals surface area (Å²) in [7, 11) is 0. The predicted molar refractivity (Wildman–Crippen MR) is 108 cm³/mol. The lowest BCUT2D eigenvalue weighted by molar-refractivity contribution is 0.101. The fourth-order valence-corrected chi connectivity index (χ4v) is 3.08. The van der Waals surface area contributed by atoms with Gasteiger partial charge in [0.2, 0.25) is 0 Å². The number of aryl methyl sites for hydroxylation is 1. The molecule has 0 fully saturated rings. The summed E-state index contributed by atoms with van der Waals surface area (Å²) in [6, 6.07) is 13.3. The Morgan fingerprint density at radius 3 is 2.56 bits per heavy atom. The Bertz CT molecular complexity index is 1020. The van der Waals surface area contributed by atoms with Crippen molar-refractivity contribution in [3.63, 3.8) is 0 Å². The summed E-state index contributed by atoms with van der Waals surface area (Å²) in [6.07, 6.45) is 5.60. The minimum absolute atomic E-state index is 0.0537. The minimum Gasteiger partial charge on any atom is -0.354 e. The van der Waals surface area contributed by atoms with Crippen molar-refractivity contribution in [2.45, 2.75) is 20.8 Å². The molecule has 5 nitrogen and oxygen atoms in total. The van der Waals surface area contributed by atoms with Crippen LogP contribution in [0.2, 0.25) is 0 Å². The van der Waals surface area contributed by atoms with Crippen molar-refractivity contribution in [3.05, 3.63) is 82.4 Å². The number of hydrogen-bond acceptors (Lipinski definition) is 3. The Balaban J connectivity index is 1.79. The Kier molecular flexibility index (Phi) is 5.31. The van der Waals surface area contributed by atoms with Crippen molar-refractivity contribution in [2.24, 2.45) is 0 Å². The number of carbonyl (C=O) groups excluding carboxylic acids is 2. The normalized spacial score (nSPS) is 10.9. The zero-order valence-corrected chi connectivity index (χ0v) is 15.5. The highest BCUT2D eigenvalue weighted by atomic mass is 16.2. The van der Waals surface area contributed by atoms with E-state index in [2.05, 4.69) is 15.3 Å². The highest BCUT2D eigenvalue weighted by Gasteiger charge is 2.19. The van der Waals surface area contributed by atoms with Gasteiger partial charge in [-0.3, -0.25) is 14.6 Å². The first kappa shape index (κ1) is 18.3. The monoisotopic (exact) mass is 359 g/mol. The molecular formula is C22H21N3O2. The van der Waals surface area contributed by atoms with Crippen molar-refractivity contribution < 1.29 is 9.59 Å². The summed E-state index contributed by atoms with van der Waals surface area (Å²) >= 11 is 0. The fraction of sp³-hybridized carbons (Fsp3) is 0.136. The number of hydrogen-bond donors (Lipinski definition) is 2. The molecule has 0 radical (unpaired) electrons. The van der Waals surface area contributed by atoms with Gasteiger partial charge in [-0.2, -0.15) is 0 Å². The van der Waals surface area contributed by atoms with Gasteiger partial charge in [0.25, 0.3) is 5.91 Å². The van der Waals surface area contributed by atoms with E-state index in [9.17, 15) is 9.59 Å². The Hall–Kier alpha value is -3.47. The average molecular weight is 359 g/mol. The maximum absolute atomic E-state index is 12.6. The zero-order chi connectivity index (χ0) is 19.4. The van der Waals surface area contributed by atoms with E-state index in [4.69, 9.17) is 0 Å². The lowest BCUT2D eigenvalue weighted by Gasteiger charge is -2.06. The molecule has 136 valence electrons. The van der Waals surface area contributed by atoms with Crippen LogP contribution in [0.4, 0.5) is 5.69 Å². The van der Waals surface area contributed by atoms with Crippen LogP contribution in [0.25, 0.3) is 12.2 Å². The minimum atomic E-state index is -0.269. The van der Waals surface area contributed by atoms with Crippen LogP contribution in [0.5, 0.6) is 0 Å². The molecule has 0 aliphatic heterocycles. The quantitative estimate of drug-likeness (QED) is 0.651. The number of anilines is 1. The number of ketones is 1. The summed E-state index contributed by atoms with van der Waals surface area (Å²) in [4.78, 5) is 31.7. The van der Waals surface area contributed by atoms with Crippen LogP contribution in [0.15, 0.2) is 48.7 Å². The van der Waals surface area contributed by atoms with Crippen LogP contribution < -0.4 is 5.32 Å². The summed E-state index contributed by atoms with van der Waals surface area (Å²) in [5, 5.41) is 2.89. The van der Waals surface area contributed by atoms with Gasteiger partial charge in [-0.05, 0) is 62.2 Å². The number of amides is 1. The van der Waals surface area contributed by atoms with Gasteiger partial charge in [-0.1, -0.05) is 24.3 Å². The first-order valence-electron chi connectivity index (χ1n) is 8.66. The van der Waals surface area contributed by atoms with Gasteiger partial charge in [-0.25, -0.2) is 0 Å². The molecule has 0 bridgehead atoms. The molecule has 0 aliphatic carbocycles. The van der Waals surface area contributed by atoms with Crippen LogP contribution in [-0.2, 0) is 0 Å². The standard InChI is InChI=1S/C22H21N3O2/c1-14-20(16(3)26)15(2)24-21(14)22(27)25-19-9-6-7-17(13-19)10-11-18-8-4-5-12-23-18/h4-13,24H,1-3H3,(H,25,27)/b11-10+. The first-order valence-corrected chi connectivity index (χ1v) is 8.66. The number of nitrogens with zero attached hydrogens (tertiary/aromatic N) is 1. The lowest BCUT2D eigenvalue weighted by Crippen LogP contribution is -2.14. The average Bonchev–Trinajstić information content (AvgIpc) is 2.95. The molecule has 2 N–H and O–H groups in total. The van der Waals surface area contributed by atoms with Crippen molar-refractivity contribution in [2.75, 3.05) is 5.32 Å². The van der Waals surface area contributed by atoms with Crippen LogP contribution >= 0.6 is 0 Å². The number of H-pyrrole nitrogens is 1. The van der Waals surface area contributed by atoms with Crippen molar-refractivity contribution in [1.29, 1.82) is 0 Å². The van der Waals surface area contributed by atoms with Gasteiger partial charge in [0.15, 0.2) is 5.78 Å². The number of Topliss-reactive ketones (excluding diaryl/α,β-unsaturated/α-hetero) is 1. The van der Waals surface area contributed by atoms with Gasteiger partial charge in [-0.15, -0.1) is 0 Å². The molecule has 0 aliphatic rings. The largest absolute Gasteiger partial charge is 0.354 e. The van der Waals surface area contributed by atoms with E-state index in [1.54, 1.807) is 20.0 Å². The van der Waals surface area contributed by atoms with Crippen molar-refractivity contribution >= 4 is 29.5 Å². The van der Waals surface area contributed by atoms with E-state index in [0.717, 1.165) is 11.3 Å². The molecule has 2 aromatic heterocycles. The third-order valence-electron chi connectivity index (χ3n) is 4.30. The summed E-state index contributed by atoms with van der Waals surface area (Å²) in [5.41, 5.74) is 4.85. The van der Waals surface area contributed by atoms with Crippen LogP contribution in [0.1, 0.15) is 50.3 Å². The molecule has 2 heterocycles. The lowest BCUT2D eigenvalue weighted by atomic mass is 10.1. The molecule has 0 unspecified atom stereocenters. The molecule has 3 aromatic rings. The SMILES string of the molecule is CC(=O)c1c(C)[nH]c(C(=O)Nc2cccc(/C=C/c3ccccn3)c2)c1C. The zero-order valence-electron chi connectivity index (χ0n) is 15.5. The second kappa shape index (κ2) is 7.83. The highest BCUT2D eigenvalue weighted by Crippen LogP contribution is 2.20. The molecule has 3 rings (SSSR count). The van der Waals surface area contributed by atoms with E-state index in [1.165, 1.54) is 6.92 Å². The van der Waals surface area contributed by atoms with E-state index in [1.807, 2.05) is 54.6 Å². The predicted octanol–water partition coefficient (Wildman–Crippen LogP) is 4.65.